The smallest absolute Gasteiger partial charge is 0.298 e. The van der Waals surface area contributed by atoms with Crippen LogP contribution < -0.4 is 15.3 Å². The number of fused-ring (bicyclic) bond motifs is 3. The second kappa shape index (κ2) is 8.07. The largest absolute Gasteiger partial charge is 0.349 e. The summed E-state index contributed by atoms with van der Waals surface area (Å²) in [5.41, 5.74) is 5.36. The summed E-state index contributed by atoms with van der Waals surface area (Å²) in [6.45, 7) is 0. The van der Waals surface area contributed by atoms with E-state index in [0.717, 1.165) is 33.1 Å². The quantitative estimate of drug-likeness (QED) is 0.422. The number of nitrogens with one attached hydrogen (secondary N) is 2. The molecule has 0 spiro atoms. The van der Waals surface area contributed by atoms with Crippen LogP contribution in [-0.2, 0) is 27.2 Å². The van der Waals surface area contributed by atoms with Gasteiger partial charge in [-0.05, 0) is 40.8 Å². The molecule has 5 heterocycles. The Bertz CT molecular complexity index is 1460. The lowest BCUT2D eigenvalue weighted by Crippen LogP contribution is -2.47. The fourth-order valence-corrected chi connectivity index (χ4v) is 5.20. The van der Waals surface area contributed by atoms with Crippen molar-refractivity contribution >= 4 is 51.9 Å². The number of nitrogens with zero attached hydrogens (tertiary/aromatic N) is 2. The molecule has 35 heavy (non-hydrogen) atoms. The number of ketones is 1. The maximum Gasteiger partial charge on any atom is 0.298 e. The predicted octanol–water partition coefficient (Wildman–Crippen LogP) is 3.96. The van der Waals surface area contributed by atoms with Gasteiger partial charge in [-0.15, -0.1) is 11.3 Å². The molecule has 3 aliphatic rings. The first-order valence-corrected chi connectivity index (χ1v) is 11.8. The van der Waals surface area contributed by atoms with Crippen LogP contribution in [0.5, 0.6) is 0 Å². The number of carbonyl (C=O) groups excluding carboxylic acids is 4. The van der Waals surface area contributed by atoms with Gasteiger partial charge >= 0.3 is 0 Å². The number of thiophene rings is 1. The van der Waals surface area contributed by atoms with Crippen molar-refractivity contribution in [1.82, 2.24) is 4.98 Å². The van der Waals surface area contributed by atoms with E-state index >= 15 is 0 Å². The Morgan fingerprint density at radius 2 is 1.34 bits per heavy atom. The molecule has 0 atom stereocenters. The van der Waals surface area contributed by atoms with Crippen LogP contribution in [0.15, 0.2) is 72.1 Å². The van der Waals surface area contributed by atoms with Gasteiger partial charge in [-0.25, -0.2) is 10.0 Å². The first-order valence-electron chi connectivity index (χ1n) is 11.0. The third kappa shape index (κ3) is 3.44. The normalized spacial score (nSPS) is 15.5. The van der Waals surface area contributed by atoms with Crippen LogP contribution in [0.4, 0.5) is 17.1 Å². The molecule has 3 amide bonds. The topological polar surface area (TPSA) is 103 Å². The molecule has 2 aromatic carbocycles. The summed E-state index contributed by atoms with van der Waals surface area (Å²) in [4.78, 5) is 51.0. The summed E-state index contributed by atoms with van der Waals surface area (Å²) in [6.07, 6.45) is 0.699. The van der Waals surface area contributed by atoms with Crippen LogP contribution in [-0.4, -0.2) is 28.5 Å². The second-order valence-electron chi connectivity index (χ2n) is 8.25. The van der Waals surface area contributed by atoms with Crippen molar-refractivity contribution in [2.45, 2.75) is 12.8 Å². The van der Waals surface area contributed by atoms with E-state index in [1.54, 1.807) is 17.4 Å². The number of amides is 3. The average Bonchev–Trinajstić information content (AvgIpc) is 3.65. The van der Waals surface area contributed by atoms with Gasteiger partial charge in [0.15, 0.2) is 0 Å². The molecule has 0 unspecified atom stereocenters. The minimum absolute atomic E-state index is 0.0590. The number of H-pyrrole nitrogens is 1. The number of hydrogen-bond acceptors (Lipinski definition) is 5. The van der Waals surface area contributed by atoms with Crippen LogP contribution in [0, 0.1) is 0 Å². The van der Waals surface area contributed by atoms with E-state index in [2.05, 4.69) is 10.3 Å². The fraction of sp³-hybridized carbons (Fsp3) is 0.0769. The summed E-state index contributed by atoms with van der Waals surface area (Å²) in [5, 5.41) is 7.51. The van der Waals surface area contributed by atoms with Crippen LogP contribution in [0.25, 0.3) is 10.6 Å². The summed E-state index contributed by atoms with van der Waals surface area (Å²) in [5.74, 6) is -1.17. The molecule has 0 aliphatic carbocycles. The van der Waals surface area contributed by atoms with Gasteiger partial charge in [-0.2, -0.15) is 0 Å². The van der Waals surface area contributed by atoms with Gasteiger partial charge in [0.05, 0.1) is 40.5 Å². The molecule has 9 heteroatoms. The molecule has 0 fully saturated rings. The van der Waals surface area contributed by atoms with Gasteiger partial charge in [0.2, 0.25) is 0 Å². The van der Waals surface area contributed by atoms with E-state index in [1.807, 2.05) is 66.0 Å². The molecular formula is C26H18N4O4S. The zero-order valence-corrected chi connectivity index (χ0v) is 19.1. The lowest BCUT2D eigenvalue weighted by atomic mass is 10.2. The van der Waals surface area contributed by atoms with Gasteiger partial charge in [0.25, 0.3) is 23.5 Å². The van der Waals surface area contributed by atoms with Gasteiger partial charge in [-0.1, -0.05) is 42.5 Å². The monoisotopic (exact) mass is 482 g/mol. The minimum Gasteiger partial charge on any atom is -0.349 e. The van der Waals surface area contributed by atoms with E-state index in [9.17, 15) is 19.2 Å². The Labute approximate surface area is 203 Å². The first kappa shape index (κ1) is 21.1. The van der Waals surface area contributed by atoms with E-state index < -0.39 is 11.7 Å². The Morgan fingerprint density at radius 3 is 1.89 bits per heavy atom. The van der Waals surface area contributed by atoms with E-state index in [0.29, 0.717) is 24.2 Å². The van der Waals surface area contributed by atoms with E-state index in [1.165, 1.54) is 10.0 Å². The zero-order valence-electron chi connectivity index (χ0n) is 18.3. The fourth-order valence-electron chi connectivity index (χ4n) is 4.51. The standard InChI is InChI=1S/C16H12N2O2.C10H6N2O2S/c19-15-9-11-5-1-3-7-13(11)17(15)18-14-8-4-2-6-12(14)10-16(18)20;13-9-8-6(12-10(9)14)4-5(11-8)7-2-1-3-15-7/h1-8H,9-10H2;1-4,11H,(H,12,13,14). The van der Waals surface area contributed by atoms with Crippen LogP contribution in [0.3, 0.4) is 0 Å². The zero-order chi connectivity index (χ0) is 24.1. The number of Topliss-reactive ketones (excluding diaryl/α,β-unsaturated/α-hetero) is 1. The molecule has 0 saturated heterocycles. The summed E-state index contributed by atoms with van der Waals surface area (Å²) in [6, 6.07) is 20.9. The molecule has 0 saturated carbocycles. The number of para-hydroxylation sites is 2. The van der Waals surface area contributed by atoms with Crippen molar-refractivity contribution in [3.05, 3.63) is 88.9 Å². The van der Waals surface area contributed by atoms with Gasteiger partial charge in [-0.3, -0.25) is 19.2 Å². The SMILES string of the molecule is O=C1Cc2ccccc2N1N1C(=O)Cc2ccccc21.O=C1Nc2cc(-c3cccs3)[nH]c2C1=O. The van der Waals surface area contributed by atoms with Gasteiger partial charge in [0.1, 0.15) is 5.69 Å². The lowest BCUT2D eigenvalue weighted by Gasteiger charge is -2.28. The van der Waals surface area contributed by atoms with Crippen LogP contribution >= 0.6 is 11.3 Å². The van der Waals surface area contributed by atoms with Crippen LogP contribution in [0.1, 0.15) is 21.6 Å². The summed E-state index contributed by atoms with van der Waals surface area (Å²) < 4.78 is 0. The lowest BCUT2D eigenvalue weighted by molar-refractivity contribution is -0.122. The minimum atomic E-state index is -0.561. The summed E-state index contributed by atoms with van der Waals surface area (Å²) in [7, 11) is 0. The van der Waals surface area contributed by atoms with Crippen LogP contribution in [0.2, 0.25) is 0 Å². The molecular weight excluding hydrogens is 464 g/mol. The number of aromatic amines is 1. The number of hydrogen-bond donors (Lipinski definition) is 2. The molecule has 172 valence electrons. The third-order valence-corrected chi connectivity index (χ3v) is 6.98. The highest BCUT2D eigenvalue weighted by molar-refractivity contribution is 7.13. The maximum atomic E-state index is 12.3. The number of rotatable bonds is 2. The Balaban J connectivity index is 0.000000136. The number of hydrazine groups is 1. The molecule has 0 bridgehead atoms. The Kier molecular flexibility index (Phi) is 4.85. The van der Waals surface area contributed by atoms with Gasteiger partial charge in [0, 0.05) is 0 Å². The number of carbonyl (C=O) groups is 4. The molecule has 8 nitrogen and oxygen atoms in total. The molecule has 4 aromatic rings. The predicted molar refractivity (Wildman–Crippen MR) is 132 cm³/mol. The van der Waals surface area contributed by atoms with Gasteiger partial charge < -0.3 is 10.3 Å². The first-order chi connectivity index (χ1) is 17.0. The third-order valence-electron chi connectivity index (χ3n) is 6.08. The van der Waals surface area contributed by atoms with Crippen molar-refractivity contribution < 1.29 is 19.2 Å². The summed E-state index contributed by atoms with van der Waals surface area (Å²) >= 11 is 1.58. The highest BCUT2D eigenvalue weighted by Crippen LogP contribution is 2.37. The second-order valence-corrected chi connectivity index (χ2v) is 9.20. The molecule has 3 aliphatic heterocycles. The maximum absolute atomic E-state index is 12.3. The van der Waals surface area contributed by atoms with E-state index in [-0.39, 0.29) is 11.8 Å². The number of benzene rings is 2. The van der Waals surface area contributed by atoms with Crippen molar-refractivity contribution in [3.63, 3.8) is 0 Å². The molecule has 0 radical (unpaired) electrons. The Morgan fingerprint density at radius 1 is 0.743 bits per heavy atom. The highest BCUT2D eigenvalue weighted by atomic mass is 32.1. The van der Waals surface area contributed by atoms with E-state index in [4.69, 9.17) is 0 Å². The highest BCUT2D eigenvalue weighted by Gasteiger charge is 2.39. The molecule has 7 rings (SSSR count). The number of anilines is 3. The van der Waals surface area contributed by atoms with Crippen molar-refractivity contribution in [1.29, 1.82) is 0 Å². The van der Waals surface area contributed by atoms with Crippen molar-refractivity contribution in [3.8, 4) is 10.6 Å². The average molecular weight is 483 g/mol. The molecule has 2 aromatic heterocycles. The number of aromatic nitrogens is 1. The van der Waals surface area contributed by atoms with Crippen molar-refractivity contribution in [2.75, 3.05) is 15.3 Å². The molecule has 2 N–H and O–H groups in total. The van der Waals surface area contributed by atoms with Crippen molar-refractivity contribution in [2.24, 2.45) is 0 Å². The Hall–Kier alpha value is -4.50.